The summed E-state index contributed by atoms with van der Waals surface area (Å²) in [6, 6.07) is 14.3. The Morgan fingerprint density at radius 3 is 2.29 bits per heavy atom. The van der Waals surface area contributed by atoms with Crippen LogP contribution in [-0.4, -0.2) is 33.9 Å². The first kappa shape index (κ1) is 17.7. The number of sulfone groups is 1. The van der Waals surface area contributed by atoms with Gasteiger partial charge in [-0.15, -0.1) is 0 Å². The quantitative estimate of drug-likeness (QED) is 0.801. The monoisotopic (exact) mass is 347 g/mol. The number of benzene rings is 2. The Bertz CT molecular complexity index is 831. The molecule has 0 unspecified atom stereocenters. The number of amides is 1. The van der Waals surface area contributed by atoms with Gasteiger partial charge in [0.1, 0.15) is 0 Å². The van der Waals surface area contributed by atoms with E-state index in [9.17, 15) is 18.0 Å². The van der Waals surface area contributed by atoms with Gasteiger partial charge in [0.2, 0.25) is 0 Å². The largest absolute Gasteiger partial charge is 0.452 e. The van der Waals surface area contributed by atoms with Crippen LogP contribution in [0.4, 0.5) is 0 Å². The van der Waals surface area contributed by atoms with Gasteiger partial charge in [-0.2, -0.15) is 0 Å². The third kappa shape index (κ3) is 4.42. The van der Waals surface area contributed by atoms with Gasteiger partial charge in [-0.1, -0.05) is 36.4 Å². The molecule has 0 bridgehead atoms. The predicted molar refractivity (Wildman–Crippen MR) is 88.1 cm³/mol. The Labute approximate surface area is 140 Å². The van der Waals surface area contributed by atoms with Gasteiger partial charge >= 0.3 is 5.97 Å². The molecule has 2 aromatic carbocycles. The number of ether oxygens (including phenoxy) is 1. The van der Waals surface area contributed by atoms with E-state index in [4.69, 9.17) is 4.74 Å². The second kappa shape index (κ2) is 7.74. The fourth-order valence-electron chi connectivity index (χ4n) is 2.04. The standard InChI is InChI=1S/C17H17NO5S/c1-18-16(19)11-23-17(20)15-10-6-5-7-13(15)12-24(21,22)14-8-3-2-4-9-14/h2-10H,11-12H2,1H3,(H,18,19). The Balaban J connectivity index is 2.23. The summed E-state index contributed by atoms with van der Waals surface area (Å²) in [5.74, 6) is -1.52. The van der Waals surface area contributed by atoms with Crippen LogP contribution >= 0.6 is 0 Å². The molecular formula is C17H17NO5S. The average Bonchev–Trinajstić information content (AvgIpc) is 2.60. The van der Waals surface area contributed by atoms with Crippen molar-refractivity contribution in [1.82, 2.24) is 5.32 Å². The molecule has 0 aliphatic heterocycles. The molecule has 0 aliphatic rings. The van der Waals surface area contributed by atoms with Gasteiger partial charge in [-0.05, 0) is 23.8 Å². The van der Waals surface area contributed by atoms with Crippen molar-refractivity contribution in [2.24, 2.45) is 0 Å². The number of carbonyl (C=O) groups is 2. The van der Waals surface area contributed by atoms with Crippen LogP contribution in [0.2, 0.25) is 0 Å². The normalized spacial score (nSPS) is 10.9. The molecule has 0 heterocycles. The lowest BCUT2D eigenvalue weighted by atomic mass is 10.1. The number of rotatable bonds is 6. The summed E-state index contributed by atoms with van der Waals surface area (Å²) in [7, 11) is -2.17. The second-order valence-corrected chi connectivity index (χ2v) is 6.97. The summed E-state index contributed by atoms with van der Waals surface area (Å²) in [5, 5.41) is 2.33. The first-order chi connectivity index (χ1) is 11.4. The van der Waals surface area contributed by atoms with E-state index >= 15 is 0 Å². The van der Waals surface area contributed by atoms with E-state index in [0.717, 1.165) is 0 Å². The van der Waals surface area contributed by atoms with E-state index in [1.807, 2.05) is 0 Å². The Kier molecular flexibility index (Phi) is 5.70. The molecule has 0 fully saturated rings. The molecule has 0 atom stereocenters. The van der Waals surface area contributed by atoms with Gasteiger partial charge in [0.05, 0.1) is 16.2 Å². The zero-order chi connectivity index (χ0) is 17.6. The smallest absolute Gasteiger partial charge is 0.338 e. The number of hydrogen-bond acceptors (Lipinski definition) is 5. The van der Waals surface area contributed by atoms with Crippen molar-refractivity contribution in [3.63, 3.8) is 0 Å². The molecule has 126 valence electrons. The number of nitrogens with one attached hydrogen (secondary N) is 1. The van der Waals surface area contributed by atoms with Crippen LogP contribution in [-0.2, 0) is 25.1 Å². The third-order valence-corrected chi connectivity index (χ3v) is 4.98. The molecule has 1 N–H and O–H groups in total. The number of esters is 1. The summed E-state index contributed by atoms with van der Waals surface area (Å²) in [4.78, 5) is 23.5. The number of hydrogen-bond donors (Lipinski definition) is 1. The summed E-state index contributed by atoms with van der Waals surface area (Å²) >= 11 is 0. The van der Waals surface area contributed by atoms with Gasteiger partial charge in [-0.3, -0.25) is 4.79 Å². The molecule has 6 nitrogen and oxygen atoms in total. The molecule has 7 heteroatoms. The highest BCUT2D eigenvalue weighted by Gasteiger charge is 2.20. The average molecular weight is 347 g/mol. The van der Waals surface area contributed by atoms with Gasteiger partial charge in [0.15, 0.2) is 16.4 Å². The second-order valence-electron chi connectivity index (χ2n) is 4.98. The molecule has 0 saturated heterocycles. The zero-order valence-electron chi connectivity index (χ0n) is 13.1. The van der Waals surface area contributed by atoms with Crippen LogP contribution < -0.4 is 5.32 Å². The highest BCUT2D eigenvalue weighted by atomic mass is 32.2. The van der Waals surface area contributed by atoms with Crippen LogP contribution in [0.3, 0.4) is 0 Å². The van der Waals surface area contributed by atoms with Crippen molar-refractivity contribution in [2.75, 3.05) is 13.7 Å². The molecule has 1 amide bonds. The number of likely N-dealkylation sites (N-methyl/N-ethyl adjacent to an activating group) is 1. The molecule has 2 rings (SSSR count). The van der Waals surface area contributed by atoms with Gasteiger partial charge < -0.3 is 10.1 Å². The molecule has 24 heavy (non-hydrogen) atoms. The van der Waals surface area contributed by atoms with E-state index in [2.05, 4.69) is 5.32 Å². The van der Waals surface area contributed by atoms with Crippen molar-refractivity contribution < 1.29 is 22.7 Å². The lowest BCUT2D eigenvalue weighted by Gasteiger charge is -2.10. The minimum atomic E-state index is -3.59. The van der Waals surface area contributed by atoms with E-state index in [-0.39, 0.29) is 16.2 Å². The lowest BCUT2D eigenvalue weighted by Crippen LogP contribution is -2.25. The Morgan fingerprint density at radius 2 is 1.62 bits per heavy atom. The molecule has 0 spiro atoms. The molecular weight excluding hydrogens is 330 g/mol. The first-order valence-corrected chi connectivity index (χ1v) is 8.82. The highest BCUT2D eigenvalue weighted by Crippen LogP contribution is 2.19. The molecule has 2 aromatic rings. The van der Waals surface area contributed by atoms with E-state index in [1.165, 1.54) is 25.2 Å². The van der Waals surface area contributed by atoms with Crippen molar-refractivity contribution in [3.05, 3.63) is 65.7 Å². The first-order valence-electron chi connectivity index (χ1n) is 7.17. The van der Waals surface area contributed by atoms with E-state index in [1.54, 1.807) is 36.4 Å². The minimum Gasteiger partial charge on any atom is -0.452 e. The van der Waals surface area contributed by atoms with Crippen molar-refractivity contribution in [1.29, 1.82) is 0 Å². The lowest BCUT2D eigenvalue weighted by molar-refractivity contribution is -0.123. The van der Waals surface area contributed by atoms with E-state index < -0.39 is 28.3 Å². The van der Waals surface area contributed by atoms with Crippen molar-refractivity contribution in [2.45, 2.75) is 10.6 Å². The molecule has 0 aliphatic carbocycles. The fraction of sp³-hybridized carbons (Fsp3) is 0.176. The van der Waals surface area contributed by atoms with Crippen molar-refractivity contribution >= 4 is 21.7 Å². The zero-order valence-corrected chi connectivity index (χ0v) is 13.9. The fourth-order valence-corrected chi connectivity index (χ4v) is 3.44. The van der Waals surface area contributed by atoms with Crippen molar-refractivity contribution in [3.8, 4) is 0 Å². The molecule has 0 radical (unpaired) electrons. The topological polar surface area (TPSA) is 89.5 Å². The highest BCUT2D eigenvalue weighted by molar-refractivity contribution is 7.90. The van der Waals surface area contributed by atoms with Crippen LogP contribution in [0.25, 0.3) is 0 Å². The van der Waals surface area contributed by atoms with E-state index in [0.29, 0.717) is 5.56 Å². The van der Waals surface area contributed by atoms with Gasteiger partial charge in [0, 0.05) is 7.05 Å². The van der Waals surface area contributed by atoms with Crippen LogP contribution in [0.5, 0.6) is 0 Å². The molecule has 0 aromatic heterocycles. The minimum absolute atomic E-state index is 0.126. The summed E-state index contributed by atoms with van der Waals surface area (Å²) < 4.78 is 29.8. The maximum absolute atomic E-state index is 12.5. The molecule has 0 saturated carbocycles. The summed E-state index contributed by atoms with van der Waals surface area (Å²) in [5.41, 5.74) is 0.448. The number of carbonyl (C=O) groups excluding carboxylic acids is 2. The maximum atomic E-state index is 12.5. The summed E-state index contributed by atoms with van der Waals surface area (Å²) in [6.07, 6.45) is 0. The summed E-state index contributed by atoms with van der Waals surface area (Å²) in [6.45, 7) is -0.422. The van der Waals surface area contributed by atoms with Gasteiger partial charge in [-0.25, -0.2) is 13.2 Å². The Morgan fingerprint density at radius 1 is 1.00 bits per heavy atom. The predicted octanol–water partition coefficient (Wildman–Crippen LogP) is 1.56. The maximum Gasteiger partial charge on any atom is 0.338 e. The van der Waals surface area contributed by atoms with Gasteiger partial charge in [0.25, 0.3) is 5.91 Å². The van der Waals surface area contributed by atoms with Crippen LogP contribution in [0, 0.1) is 0 Å². The van der Waals surface area contributed by atoms with Crippen LogP contribution in [0.1, 0.15) is 15.9 Å². The van der Waals surface area contributed by atoms with Crippen LogP contribution in [0.15, 0.2) is 59.5 Å². The Hall–Kier alpha value is -2.67. The SMILES string of the molecule is CNC(=O)COC(=O)c1ccccc1CS(=O)(=O)c1ccccc1. The third-order valence-electron chi connectivity index (χ3n) is 3.30.